The van der Waals surface area contributed by atoms with Gasteiger partial charge >= 0.3 is 63.3 Å². The Morgan fingerprint density at radius 3 is 2.08 bits per heavy atom. The Balaban J connectivity index is -0.000000500. The van der Waals surface area contributed by atoms with Gasteiger partial charge in [0.05, 0.1) is 12.5 Å². The summed E-state index contributed by atoms with van der Waals surface area (Å²) in [4.78, 5) is 19.9. The van der Waals surface area contributed by atoms with Crippen molar-refractivity contribution >= 4 is 11.9 Å². The summed E-state index contributed by atoms with van der Waals surface area (Å²) in [6, 6.07) is 0. The molecule has 0 heterocycles. The van der Waals surface area contributed by atoms with E-state index in [1.54, 1.807) is 0 Å². The van der Waals surface area contributed by atoms with Crippen molar-refractivity contribution in [3.8, 4) is 0 Å². The van der Waals surface area contributed by atoms with Gasteiger partial charge in [-0.3, -0.25) is 9.59 Å². The summed E-state index contributed by atoms with van der Waals surface area (Å²) in [6.07, 6.45) is -1.66. The van der Waals surface area contributed by atoms with E-state index in [1.165, 1.54) is 0 Å². The van der Waals surface area contributed by atoms with E-state index in [4.69, 9.17) is 15.3 Å². The van der Waals surface area contributed by atoms with Gasteiger partial charge in [0, 0.05) is 6.42 Å². The third-order valence-electron chi connectivity index (χ3n) is 1.10. The van der Waals surface area contributed by atoms with E-state index in [2.05, 4.69) is 0 Å². The average molecular weight is 202 g/mol. The number of hydrogen-bond donors (Lipinski definition) is 3. The molecule has 0 bridgehead atoms. The summed E-state index contributed by atoms with van der Waals surface area (Å²) < 4.78 is 0. The molecule has 0 aliphatic heterocycles. The van der Waals surface area contributed by atoms with Crippen molar-refractivity contribution < 1.29 is 77.7 Å². The van der Waals surface area contributed by atoms with Gasteiger partial charge in [0.1, 0.15) is 0 Å². The first-order valence-electron chi connectivity index (χ1n) is 3.14. The van der Waals surface area contributed by atoms with E-state index in [0.29, 0.717) is 0 Å². The molecule has 1 atom stereocenters. The first-order chi connectivity index (χ1) is 5.02. The van der Waals surface area contributed by atoms with E-state index < -0.39 is 24.5 Å². The zero-order chi connectivity index (χ0) is 8.85. The number of rotatable bonds is 5. The molecule has 0 fully saturated rings. The molecular formula is C6H11KO5. The van der Waals surface area contributed by atoms with E-state index in [1.807, 2.05) is 0 Å². The minimum Gasteiger partial charge on any atom is -1.00 e. The zero-order valence-corrected chi connectivity index (χ0v) is 9.98. The number of aliphatic carboxylic acids is 2. The van der Waals surface area contributed by atoms with Crippen LogP contribution in [0.3, 0.4) is 0 Å². The van der Waals surface area contributed by atoms with Crippen LogP contribution in [0.2, 0.25) is 0 Å². The van der Waals surface area contributed by atoms with E-state index in [0.717, 1.165) is 0 Å². The second-order valence-electron chi connectivity index (χ2n) is 2.18. The monoisotopic (exact) mass is 202 g/mol. The SMILES string of the molecule is O=C(O)CCC(O)CC(=O)O.[H-].[K+]. The van der Waals surface area contributed by atoms with Crippen LogP contribution < -0.4 is 51.4 Å². The van der Waals surface area contributed by atoms with Crippen molar-refractivity contribution in [1.29, 1.82) is 0 Å². The molecule has 5 nitrogen and oxygen atoms in total. The van der Waals surface area contributed by atoms with Gasteiger partial charge < -0.3 is 16.7 Å². The first kappa shape index (κ1) is 15.0. The van der Waals surface area contributed by atoms with E-state index in [9.17, 15) is 9.59 Å². The van der Waals surface area contributed by atoms with Crippen LogP contribution in [0, 0.1) is 0 Å². The number of carbonyl (C=O) groups is 2. The van der Waals surface area contributed by atoms with Gasteiger partial charge in [-0.05, 0) is 6.42 Å². The second kappa shape index (κ2) is 8.15. The van der Waals surface area contributed by atoms with Crippen LogP contribution in [0.1, 0.15) is 20.7 Å². The maximum Gasteiger partial charge on any atom is 1.00 e. The Bertz CT molecular complexity index is 163. The van der Waals surface area contributed by atoms with Crippen LogP contribution in [-0.2, 0) is 9.59 Å². The average Bonchev–Trinajstić information content (AvgIpc) is 1.82. The molecule has 0 spiro atoms. The fourth-order valence-corrected chi connectivity index (χ4v) is 0.594. The maximum absolute atomic E-state index is 9.95. The fraction of sp³-hybridized carbons (Fsp3) is 0.667. The fourth-order valence-electron chi connectivity index (χ4n) is 0.594. The second-order valence-corrected chi connectivity index (χ2v) is 2.18. The molecule has 0 aromatic rings. The Morgan fingerprint density at radius 2 is 1.75 bits per heavy atom. The number of aliphatic hydroxyl groups is 1. The quantitative estimate of drug-likeness (QED) is 0.408. The van der Waals surface area contributed by atoms with Crippen molar-refractivity contribution in [3.63, 3.8) is 0 Å². The number of carboxylic acids is 2. The minimum absolute atomic E-state index is 0. The smallest absolute Gasteiger partial charge is 1.00 e. The molecule has 1 unspecified atom stereocenters. The Kier molecular flexibility index (Phi) is 10.2. The van der Waals surface area contributed by atoms with Crippen LogP contribution in [0.5, 0.6) is 0 Å². The Morgan fingerprint density at radius 1 is 1.25 bits per heavy atom. The normalized spacial score (nSPS) is 11.4. The minimum atomic E-state index is -1.12. The van der Waals surface area contributed by atoms with Crippen LogP contribution in [-0.4, -0.2) is 33.4 Å². The van der Waals surface area contributed by atoms with E-state index in [-0.39, 0.29) is 65.7 Å². The van der Waals surface area contributed by atoms with Crippen molar-refractivity contribution in [2.75, 3.05) is 0 Å². The molecule has 12 heavy (non-hydrogen) atoms. The van der Waals surface area contributed by atoms with Crippen LogP contribution in [0.4, 0.5) is 0 Å². The predicted molar refractivity (Wildman–Crippen MR) is 36.2 cm³/mol. The van der Waals surface area contributed by atoms with Crippen LogP contribution >= 0.6 is 0 Å². The van der Waals surface area contributed by atoms with Gasteiger partial charge in [-0.15, -0.1) is 0 Å². The Labute approximate surface area is 114 Å². The molecule has 0 saturated carbocycles. The molecule has 6 heteroatoms. The molecule has 0 saturated heterocycles. The number of carboxylic acid groups (broad SMARTS) is 2. The zero-order valence-electron chi connectivity index (χ0n) is 7.86. The molecule has 3 N–H and O–H groups in total. The van der Waals surface area contributed by atoms with Crippen molar-refractivity contribution in [1.82, 2.24) is 0 Å². The molecule has 0 amide bonds. The summed E-state index contributed by atoms with van der Waals surface area (Å²) in [6.45, 7) is 0. The third kappa shape index (κ3) is 10.5. The van der Waals surface area contributed by atoms with Crippen LogP contribution in [0.15, 0.2) is 0 Å². The van der Waals surface area contributed by atoms with Crippen molar-refractivity contribution in [2.24, 2.45) is 0 Å². The van der Waals surface area contributed by atoms with Gasteiger partial charge in [-0.1, -0.05) is 0 Å². The van der Waals surface area contributed by atoms with Gasteiger partial charge in [0.2, 0.25) is 0 Å². The number of aliphatic hydroxyl groups excluding tert-OH is 1. The largest absolute Gasteiger partial charge is 1.00 e. The number of hydrogen-bond acceptors (Lipinski definition) is 3. The molecule has 66 valence electrons. The van der Waals surface area contributed by atoms with Gasteiger partial charge in [0.25, 0.3) is 0 Å². The van der Waals surface area contributed by atoms with E-state index >= 15 is 0 Å². The standard InChI is InChI=1S/C6H10O5.K.H/c7-4(3-6(10)11)1-2-5(8)9;;/h4,7H,1-3H2,(H,8,9)(H,10,11);;/q;+1;-1. The van der Waals surface area contributed by atoms with Gasteiger partial charge in [0.15, 0.2) is 0 Å². The maximum atomic E-state index is 9.95. The molecule has 0 aliphatic carbocycles. The molecule has 0 rings (SSSR count). The molecule has 0 aromatic carbocycles. The topological polar surface area (TPSA) is 94.8 Å². The Hall–Kier alpha value is 0.536. The molecule has 0 radical (unpaired) electrons. The molecule has 0 aromatic heterocycles. The summed E-state index contributed by atoms with van der Waals surface area (Å²) in [5.41, 5.74) is 0. The summed E-state index contributed by atoms with van der Waals surface area (Å²) in [5.74, 6) is -2.16. The molecule has 0 aliphatic rings. The van der Waals surface area contributed by atoms with Crippen LogP contribution in [0.25, 0.3) is 0 Å². The third-order valence-corrected chi connectivity index (χ3v) is 1.10. The van der Waals surface area contributed by atoms with Crippen molar-refractivity contribution in [3.05, 3.63) is 0 Å². The summed E-state index contributed by atoms with van der Waals surface area (Å²) >= 11 is 0. The summed E-state index contributed by atoms with van der Waals surface area (Å²) in [5, 5.41) is 25.1. The first-order valence-corrected chi connectivity index (χ1v) is 3.14. The summed E-state index contributed by atoms with van der Waals surface area (Å²) in [7, 11) is 0. The van der Waals surface area contributed by atoms with Gasteiger partial charge in [-0.25, -0.2) is 0 Å². The predicted octanol–water partition coefficient (Wildman–Crippen LogP) is -3.20. The van der Waals surface area contributed by atoms with Gasteiger partial charge in [-0.2, -0.15) is 0 Å². The molecular weight excluding hydrogens is 191 g/mol. The van der Waals surface area contributed by atoms with Crippen molar-refractivity contribution in [2.45, 2.75) is 25.4 Å².